The maximum absolute atomic E-state index is 4.68. The molecule has 0 atom stereocenters. The number of nitrogens with one attached hydrogen (secondary N) is 2. The van der Waals surface area contributed by atoms with Crippen molar-refractivity contribution in [1.29, 1.82) is 0 Å². The zero-order valence-electron chi connectivity index (χ0n) is 10.7. The van der Waals surface area contributed by atoms with Crippen LogP contribution in [0.25, 0.3) is 0 Å². The summed E-state index contributed by atoms with van der Waals surface area (Å²) < 4.78 is 0.761. The van der Waals surface area contributed by atoms with Crippen molar-refractivity contribution in [2.45, 2.75) is 0 Å². The Morgan fingerprint density at radius 1 is 0.667 bits per heavy atom. The number of hydrogen-bond acceptors (Lipinski definition) is 4. The molecule has 0 saturated carbocycles. The standard InChI is InChI=1S/2C7H7NS2.Ni/c2*9-7(10)8-6-4-2-1-3-5-6;/h2*1-5H,(H2,8,9,10);/q;;+2/p-2. The molecule has 112 valence electrons. The minimum absolute atomic E-state index is 0. The van der Waals surface area contributed by atoms with E-state index in [1.54, 1.807) is 0 Å². The first-order valence-corrected chi connectivity index (χ1v) is 7.27. The Labute approximate surface area is 156 Å². The summed E-state index contributed by atoms with van der Waals surface area (Å²) in [7, 11) is 0. The van der Waals surface area contributed by atoms with E-state index in [-0.39, 0.29) is 16.5 Å². The largest absolute Gasteiger partial charge is 2.00 e. The third kappa shape index (κ3) is 10.5. The van der Waals surface area contributed by atoms with Crippen molar-refractivity contribution in [1.82, 2.24) is 0 Å². The molecule has 2 rings (SSSR count). The Morgan fingerprint density at radius 2 is 0.952 bits per heavy atom. The summed E-state index contributed by atoms with van der Waals surface area (Å²) in [6, 6.07) is 19.3. The second-order valence-electron chi connectivity index (χ2n) is 3.56. The summed E-state index contributed by atoms with van der Waals surface area (Å²) >= 11 is 18.7. The zero-order chi connectivity index (χ0) is 14.8. The molecule has 2 nitrogen and oxygen atoms in total. The van der Waals surface area contributed by atoms with Gasteiger partial charge in [-0.25, -0.2) is 0 Å². The van der Waals surface area contributed by atoms with Crippen LogP contribution in [0.4, 0.5) is 11.4 Å². The molecule has 0 bridgehead atoms. The smallest absolute Gasteiger partial charge is 0.411 e. The first kappa shape index (κ1) is 20.2. The monoisotopic (exact) mass is 394 g/mol. The van der Waals surface area contributed by atoms with Gasteiger partial charge in [-0.05, 0) is 24.3 Å². The number of anilines is 2. The average molecular weight is 395 g/mol. The molecule has 21 heavy (non-hydrogen) atoms. The molecule has 0 radical (unpaired) electrons. The van der Waals surface area contributed by atoms with Crippen molar-refractivity contribution in [2.24, 2.45) is 0 Å². The number of para-hydroxylation sites is 2. The number of rotatable bonds is 2. The number of hydrogen-bond donors (Lipinski definition) is 2. The average Bonchev–Trinajstić information content (AvgIpc) is 2.40. The van der Waals surface area contributed by atoms with Gasteiger partial charge in [-0.15, -0.1) is 0 Å². The van der Waals surface area contributed by atoms with Crippen LogP contribution in [0, 0.1) is 0 Å². The molecule has 0 fully saturated rings. The van der Waals surface area contributed by atoms with E-state index in [4.69, 9.17) is 0 Å². The predicted molar refractivity (Wildman–Crippen MR) is 100 cm³/mol. The van der Waals surface area contributed by atoms with Gasteiger partial charge >= 0.3 is 16.5 Å². The molecule has 0 aliphatic rings. The Hall–Kier alpha value is -0.846. The summed E-state index contributed by atoms with van der Waals surface area (Å²) in [5, 5.41) is 5.70. The molecule has 0 aliphatic heterocycles. The molecule has 0 saturated heterocycles. The molecule has 0 aromatic heterocycles. The Balaban J connectivity index is 0.000000364. The Morgan fingerprint density at radius 3 is 1.19 bits per heavy atom. The summed E-state index contributed by atoms with van der Waals surface area (Å²) in [5.41, 5.74) is 1.89. The fourth-order valence-electron chi connectivity index (χ4n) is 1.28. The molecule has 0 heterocycles. The zero-order valence-corrected chi connectivity index (χ0v) is 15.0. The van der Waals surface area contributed by atoms with Gasteiger partial charge in [0.05, 0.1) is 0 Å². The van der Waals surface area contributed by atoms with E-state index in [1.165, 1.54) is 0 Å². The maximum atomic E-state index is 4.68. The Bertz CT molecular complexity index is 498. The normalized spacial score (nSPS) is 8.38. The third-order valence-corrected chi connectivity index (χ3v) is 2.45. The van der Waals surface area contributed by atoms with Crippen LogP contribution in [0.15, 0.2) is 60.7 Å². The van der Waals surface area contributed by atoms with E-state index in [0.717, 1.165) is 11.4 Å². The molecule has 0 amide bonds. The van der Waals surface area contributed by atoms with Crippen molar-refractivity contribution >= 4 is 69.7 Å². The van der Waals surface area contributed by atoms with E-state index in [0.29, 0.717) is 8.64 Å². The quantitative estimate of drug-likeness (QED) is 0.455. The molecule has 7 heteroatoms. The van der Waals surface area contributed by atoms with Crippen LogP contribution in [-0.4, -0.2) is 8.64 Å². The molecule has 2 N–H and O–H groups in total. The second kappa shape index (κ2) is 11.8. The van der Waals surface area contributed by atoms with E-state index in [9.17, 15) is 0 Å². The van der Waals surface area contributed by atoms with Gasteiger partial charge in [0.25, 0.3) is 0 Å². The molecular formula is C14H12N2NiS4. The molecule has 0 unspecified atom stereocenters. The van der Waals surface area contributed by atoms with Crippen molar-refractivity contribution in [3.63, 3.8) is 0 Å². The van der Waals surface area contributed by atoms with Gasteiger partial charge in [-0.3, -0.25) is 0 Å². The van der Waals surface area contributed by atoms with Gasteiger partial charge in [0.15, 0.2) is 0 Å². The van der Waals surface area contributed by atoms with Gasteiger partial charge < -0.3 is 60.3 Å². The van der Waals surface area contributed by atoms with Crippen molar-refractivity contribution in [3.8, 4) is 0 Å². The van der Waals surface area contributed by atoms with Crippen LogP contribution in [0.5, 0.6) is 0 Å². The maximum Gasteiger partial charge on any atom is 2.00 e. The van der Waals surface area contributed by atoms with E-state index in [2.05, 4.69) is 60.3 Å². The number of benzene rings is 2. The van der Waals surface area contributed by atoms with E-state index in [1.807, 2.05) is 60.7 Å². The fourth-order valence-corrected chi connectivity index (χ4v) is 1.75. The fraction of sp³-hybridized carbons (Fsp3) is 0. The van der Waals surface area contributed by atoms with Gasteiger partial charge in [0.1, 0.15) is 0 Å². The topological polar surface area (TPSA) is 24.1 Å². The van der Waals surface area contributed by atoms with Crippen LogP contribution in [0.1, 0.15) is 0 Å². The molecule has 2 aromatic carbocycles. The predicted octanol–water partition coefficient (Wildman–Crippen LogP) is 3.86. The van der Waals surface area contributed by atoms with Crippen LogP contribution in [0.2, 0.25) is 0 Å². The summed E-state index contributed by atoms with van der Waals surface area (Å²) in [6.07, 6.45) is 0. The third-order valence-electron chi connectivity index (χ3n) is 2.04. The minimum atomic E-state index is 0. The first-order valence-electron chi connectivity index (χ1n) is 5.64. The van der Waals surface area contributed by atoms with Gasteiger partial charge in [0.2, 0.25) is 0 Å². The second-order valence-corrected chi connectivity index (χ2v) is 5.71. The molecule has 2 aromatic rings. The van der Waals surface area contributed by atoms with Crippen molar-refractivity contribution in [2.75, 3.05) is 10.6 Å². The molecule has 0 aliphatic carbocycles. The molecular weight excluding hydrogens is 383 g/mol. The van der Waals surface area contributed by atoms with Crippen molar-refractivity contribution in [3.05, 3.63) is 60.7 Å². The minimum Gasteiger partial charge on any atom is -0.411 e. The van der Waals surface area contributed by atoms with E-state index < -0.39 is 0 Å². The summed E-state index contributed by atoms with van der Waals surface area (Å²) in [5.74, 6) is 0. The van der Waals surface area contributed by atoms with Crippen molar-refractivity contribution < 1.29 is 16.5 Å². The van der Waals surface area contributed by atoms with Gasteiger partial charge in [-0.2, -0.15) is 0 Å². The van der Waals surface area contributed by atoms with E-state index >= 15 is 0 Å². The van der Waals surface area contributed by atoms with Crippen LogP contribution < -0.4 is 10.6 Å². The SMILES string of the molecule is S=C([S-])Nc1ccccc1.S=C([S-])Nc1ccccc1.[Ni+2]. The van der Waals surface area contributed by atoms with Gasteiger partial charge in [0, 0.05) is 11.4 Å². The van der Waals surface area contributed by atoms with Crippen LogP contribution in [-0.2, 0) is 41.7 Å². The summed E-state index contributed by atoms with van der Waals surface area (Å²) in [4.78, 5) is 0. The Kier molecular flexibility index (Phi) is 11.3. The van der Waals surface area contributed by atoms with Gasteiger partial charge in [-0.1, -0.05) is 45.0 Å². The molecule has 0 spiro atoms. The summed E-state index contributed by atoms with van der Waals surface area (Å²) in [6.45, 7) is 0. The van der Waals surface area contributed by atoms with Crippen LogP contribution >= 0.6 is 24.4 Å². The first-order chi connectivity index (χ1) is 9.58. The number of thiocarbonyl (C=S) groups is 2. The van der Waals surface area contributed by atoms with Crippen LogP contribution in [0.3, 0.4) is 0 Å².